The normalized spacial score (nSPS) is 9.50. The second-order valence-electron chi connectivity index (χ2n) is 4.05. The van der Waals surface area contributed by atoms with Gasteiger partial charge in [-0.2, -0.15) is 4.99 Å². The molecule has 4 heteroatoms. The molecular weight excluding hydrogens is 252 g/mol. The highest BCUT2D eigenvalue weighted by atomic mass is 16.5. The smallest absolute Gasteiger partial charge is 0.161 e. The summed E-state index contributed by atoms with van der Waals surface area (Å²) < 4.78 is 10.4. The number of ether oxygens (including phenoxy) is 2. The molecule has 0 amide bonds. The van der Waals surface area contributed by atoms with Gasteiger partial charge in [-0.05, 0) is 29.8 Å². The molecular formula is C16H16N2O2. The molecule has 0 aliphatic carbocycles. The van der Waals surface area contributed by atoms with E-state index in [0.29, 0.717) is 18.0 Å². The molecule has 4 nitrogen and oxygen atoms in total. The third-order valence-corrected chi connectivity index (χ3v) is 2.72. The topological polar surface area (TPSA) is 43.2 Å². The molecule has 0 aliphatic heterocycles. The summed E-state index contributed by atoms with van der Waals surface area (Å²) in [7, 11) is 3.23. The van der Waals surface area contributed by atoms with E-state index in [1.807, 2.05) is 48.5 Å². The van der Waals surface area contributed by atoms with Crippen LogP contribution in [0.5, 0.6) is 11.5 Å². The molecule has 0 unspecified atom stereocenters. The van der Waals surface area contributed by atoms with Gasteiger partial charge >= 0.3 is 0 Å². The highest BCUT2D eigenvalue weighted by molar-refractivity contribution is 5.52. The van der Waals surface area contributed by atoms with Crippen LogP contribution in [0.4, 0.5) is 5.69 Å². The molecule has 0 bridgehead atoms. The maximum atomic E-state index is 5.24. The average molecular weight is 268 g/mol. The Morgan fingerprint density at radius 1 is 0.950 bits per heavy atom. The molecule has 2 rings (SSSR count). The van der Waals surface area contributed by atoms with Gasteiger partial charge in [0.15, 0.2) is 11.5 Å². The maximum absolute atomic E-state index is 5.24. The summed E-state index contributed by atoms with van der Waals surface area (Å²) in [5, 5.41) is 0. The van der Waals surface area contributed by atoms with Crippen molar-refractivity contribution in [3.05, 3.63) is 54.1 Å². The molecule has 20 heavy (non-hydrogen) atoms. The first kappa shape index (κ1) is 13.8. The fourth-order valence-electron chi connectivity index (χ4n) is 1.70. The number of para-hydroxylation sites is 1. The van der Waals surface area contributed by atoms with Crippen LogP contribution in [0.1, 0.15) is 5.56 Å². The molecule has 2 aromatic carbocycles. The largest absolute Gasteiger partial charge is 0.493 e. The first-order valence-electron chi connectivity index (χ1n) is 6.21. The molecule has 0 saturated heterocycles. The predicted octanol–water partition coefficient (Wildman–Crippen LogP) is 3.71. The number of rotatable bonds is 5. The van der Waals surface area contributed by atoms with Crippen LogP contribution in [0.3, 0.4) is 0 Å². The van der Waals surface area contributed by atoms with Gasteiger partial charge in [0, 0.05) is 0 Å². The Kier molecular flexibility index (Phi) is 4.93. The third-order valence-electron chi connectivity index (χ3n) is 2.72. The van der Waals surface area contributed by atoms with Crippen LogP contribution in [-0.2, 0) is 6.54 Å². The zero-order valence-electron chi connectivity index (χ0n) is 11.5. The van der Waals surface area contributed by atoms with Gasteiger partial charge in [0.05, 0.1) is 32.5 Å². The van der Waals surface area contributed by atoms with E-state index in [9.17, 15) is 0 Å². The average Bonchev–Trinajstić information content (AvgIpc) is 2.52. The summed E-state index contributed by atoms with van der Waals surface area (Å²) in [6, 6.07) is 18.0. The number of hydrogen-bond acceptors (Lipinski definition) is 4. The molecule has 0 aromatic heterocycles. The summed E-state index contributed by atoms with van der Waals surface area (Å²) in [5.41, 5.74) is 1.85. The summed E-state index contributed by atoms with van der Waals surface area (Å²) >= 11 is 0. The van der Waals surface area contributed by atoms with E-state index in [4.69, 9.17) is 9.47 Å². The van der Waals surface area contributed by atoms with Crippen LogP contribution >= 0.6 is 0 Å². The minimum atomic E-state index is 0.497. The van der Waals surface area contributed by atoms with Crippen molar-refractivity contribution in [1.82, 2.24) is 0 Å². The Hall–Kier alpha value is -2.58. The lowest BCUT2D eigenvalue weighted by Crippen LogP contribution is -1.91. The number of methoxy groups -OCH3 is 2. The van der Waals surface area contributed by atoms with Crippen LogP contribution in [0.2, 0.25) is 0 Å². The van der Waals surface area contributed by atoms with E-state index in [1.54, 1.807) is 14.2 Å². The number of aliphatic imine (C=N–C) groups is 2. The number of hydrogen-bond donors (Lipinski definition) is 0. The SMILES string of the molecule is COc1ccc(CN=C=Nc2ccccc2)cc1OC. The number of nitrogens with zero attached hydrogens (tertiary/aromatic N) is 2. The lowest BCUT2D eigenvalue weighted by Gasteiger charge is -2.07. The predicted molar refractivity (Wildman–Crippen MR) is 79.2 cm³/mol. The Labute approximate surface area is 118 Å². The van der Waals surface area contributed by atoms with E-state index >= 15 is 0 Å². The van der Waals surface area contributed by atoms with Gasteiger partial charge < -0.3 is 9.47 Å². The highest BCUT2D eigenvalue weighted by Gasteiger charge is 2.03. The van der Waals surface area contributed by atoms with Gasteiger partial charge in [-0.15, -0.1) is 0 Å². The van der Waals surface area contributed by atoms with Crippen LogP contribution < -0.4 is 9.47 Å². The van der Waals surface area contributed by atoms with E-state index in [1.165, 1.54) is 0 Å². The van der Waals surface area contributed by atoms with Crippen LogP contribution in [0.15, 0.2) is 58.5 Å². The lowest BCUT2D eigenvalue weighted by molar-refractivity contribution is 0.354. The van der Waals surface area contributed by atoms with Crippen molar-refractivity contribution >= 4 is 11.7 Å². The minimum absolute atomic E-state index is 0.497. The Morgan fingerprint density at radius 3 is 2.40 bits per heavy atom. The standard InChI is InChI=1S/C16H16N2O2/c1-19-15-9-8-13(10-16(15)20-2)11-17-12-18-14-6-4-3-5-7-14/h3-10H,11H2,1-2H3. The van der Waals surface area contributed by atoms with Crippen molar-refractivity contribution < 1.29 is 9.47 Å². The van der Waals surface area contributed by atoms with Crippen molar-refractivity contribution in [3.8, 4) is 11.5 Å². The van der Waals surface area contributed by atoms with Crippen LogP contribution in [0.25, 0.3) is 0 Å². The molecule has 0 spiro atoms. The summed E-state index contributed by atoms with van der Waals surface area (Å²) in [6.45, 7) is 0.497. The zero-order chi connectivity index (χ0) is 14.2. The molecule has 102 valence electrons. The van der Waals surface area contributed by atoms with E-state index in [2.05, 4.69) is 16.0 Å². The number of benzene rings is 2. The molecule has 0 saturated carbocycles. The quantitative estimate of drug-likeness (QED) is 0.776. The van der Waals surface area contributed by atoms with Gasteiger partial charge in [0.1, 0.15) is 0 Å². The van der Waals surface area contributed by atoms with Crippen molar-refractivity contribution in [3.63, 3.8) is 0 Å². The van der Waals surface area contributed by atoms with Crippen molar-refractivity contribution in [2.24, 2.45) is 9.98 Å². The summed E-state index contributed by atoms with van der Waals surface area (Å²) in [5.74, 6) is 1.40. The van der Waals surface area contributed by atoms with Gasteiger partial charge in [-0.3, -0.25) is 0 Å². The monoisotopic (exact) mass is 268 g/mol. The molecule has 0 heterocycles. The van der Waals surface area contributed by atoms with Crippen LogP contribution in [-0.4, -0.2) is 20.2 Å². The van der Waals surface area contributed by atoms with Gasteiger partial charge in [-0.25, -0.2) is 4.99 Å². The van der Waals surface area contributed by atoms with Crippen molar-refractivity contribution in [2.45, 2.75) is 6.54 Å². The Balaban J connectivity index is 2.05. The van der Waals surface area contributed by atoms with E-state index < -0.39 is 0 Å². The Bertz CT molecular complexity index is 618. The molecule has 0 N–H and O–H groups in total. The molecule has 0 aliphatic rings. The first-order chi connectivity index (χ1) is 9.83. The van der Waals surface area contributed by atoms with Gasteiger partial charge in [0.2, 0.25) is 0 Å². The van der Waals surface area contributed by atoms with Crippen molar-refractivity contribution in [1.29, 1.82) is 0 Å². The fourth-order valence-corrected chi connectivity index (χ4v) is 1.70. The van der Waals surface area contributed by atoms with Gasteiger partial charge in [0.25, 0.3) is 0 Å². The lowest BCUT2D eigenvalue weighted by atomic mass is 10.2. The second kappa shape index (κ2) is 7.12. The van der Waals surface area contributed by atoms with Gasteiger partial charge in [-0.1, -0.05) is 24.3 Å². The summed E-state index contributed by atoms with van der Waals surface area (Å²) in [4.78, 5) is 8.28. The van der Waals surface area contributed by atoms with Crippen LogP contribution in [0, 0.1) is 0 Å². The minimum Gasteiger partial charge on any atom is -0.493 e. The second-order valence-corrected chi connectivity index (χ2v) is 4.05. The van der Waals surface area contributed by atoms with E-state index in [-0.39, 0.29) is 0 Å². The molecule has 0 fully saturated rings. The molecule has 2 aromatic rings. The third kappa shape index (κ3) is 3.70. The molecule has 0 radical (unpaired) electrons. The summed E-state index contributed by atoms with van der Waals surface area (Å²) in [6.07, 6.45) is 0. The van der Waals surface area contributed by atoms with Crippen molar-refractivity contribution in [2.75, 3.05) is 14.2 Å². The molecule has 0 atom stereocenters. The highest BCUT2D eigenvalue weighted by Crippen LogP contribution is 2.27. The van der Waals surface area contributed by atoms with E-state index in [0.717, 1.165) is 11.3 Å². The first-order valence-corrected chi connectivity index (χ1v) is 6.21. The maximum Gasteiger partial charge on any atom is 0.161 e. The fraction of sp³-hybridized carbons (Fsp3) is 0.188. The zero-order valence-corrected chi connectivity index (χ0v) is 11.5. The Morgan fingerprint density at radius 2 is 1.70 bits per heavy atom.